The number of carbonyl (C=O) groups is 2. The summed E-state index contributed by atoms with van der Waals surface area (Å²) >= 11 is 0. The highest BCUT2D eigenvalue weighted by molar-refractivity contribution is 6.04. The molecule has 1 aromatic carbocycles. The number of rotatable bonds is 4. The summed E-state index contributed by atoms with van der Waals surface area (Å²) in [5.41, 5.74) is 9.30. The fourth-order valence-electron chi connectivity index (χ4n) is 4.54. The number of aromatic nitrogens is 4. The summed E-state index contributed by atoms with van der Waals surface area (Å²) in [6.45, 7) is 2.90. The highest BCUT2D eigenvalue weighted by Gasteiger charge is 2.28. The number of hydrogen-bond donors (Lipinski definition) is 2. The molecule has 9 nitrogen and oxygen atoms in total. The van der Waals surface area contributed by atoms with Crippen LogP contribution in [0, 0.1) is 11.8 Å². The molecule has 2 amide bonds. The summed E-state index contributed by atoms with van der Waals surface area (Å²) in [5.74, 6) is 6.41. The van der Waals surface area contributed by atoms with E-state index in [0.717, 1.165) is 29.6 Å². The van der Waals surface area contributed by atoms with Crippen LogP contribution in [0.5, 0.6) is 0 Å². The van der Waals surface area contributed by atoms with E-state index in [2.05, 4.69) is 27.1 Å². The van der Waals surface area contributed by atoms with E-state index in [4.69, 9.17) is 10.7 Å². The van der Waals surface area contributed by atoms with E-state index in [1.165, 1.54) is 0 Å². The number of carbonyl (C=O) groups excluding carboxylic acids is 2. The summed E-state index contributed by atoms with van der Waals surface area (Å²) < 4.78 is 1.82. The average molecular weight is 480 g/mol. The Morgan fingerprint density at radius 1 is 1.08 bits per heavy atom. The van der Waals surface area contributed by atoms with Crippen molar-refractivity contribution in [2.24, 2.45) is 0 Å². The molecule has 0 aliphatic carbocycles. The molecular weight excluding hydrogens is 454 g/mol. The Kier molecular flexibility index (Phi) is 6.33. The van der Waals surface area contributed by atoms with Crippen molar-refractivity contribution in [2.45, 2.75) is 25.7 Å². The van der Waals surface area contributed by atoms with Crippen LogP contribution in [-0.4, -0.2) is 49.2 Å². The Hall–Kier alpha value is -4.71. The number of nitrogens with two attached hydrogens (primary N) is 1. The molecule has 1 fully saturated rings. The van der Waals surface area contributed by atoms with Crippen LogP contribution in [0.1, 0.15) is 41.7 Å². The van der Waals surface area contributed by atoms with Crippen molar-refractivity contribution < 1.29 is 9.59 Å². The molecule has 0 saturated carbocycles. The van der Waals surface area contributed by atoms with Gasteiger partial charge in [0.05, 0.1) is 11.2 Å². The molecule has 4 aromatic rings. The number of likely N-dealkylation sites (tertiary alicyclic amines) is 1. The van der Waals surface area contributed by atoms with Gasteiger partial charge in [-0.2, -0.15) is 0 Å². The van der Waals surface area contributed by atoms with Gasteiger partial charge in [-0.15, -0.1) is 0 Å². The van der Waals surface area contributed by atoms with Crippen LogP contribution in [0.2, 0.25) is 0 Å². The Morgan fingerprint density at radius 3 is 2.67 bits per heavy atom. The molecule has 36 heavy (non-hydrogen) atoms. The molecule has 0 radical (unpaired) electrons. The van der Waals surface area contributed by atoms with Gasteiger partial charge < -0.3 is 16.0 Å². The first-order chi connectivity index (χ1) is 17.5. The van der Waals surface area contributed by atoms with Crippen LogP contribution in [-0.2, 0) is 4.79 Å². The minimum Gasteiger partial charge on any atom is -0.369 e. The zero-order chi connectivity index (χ0) is 25.1. The topological polar surface area (TPSA) is 119 Å². The van der Waals surface area contributed by atoms with E-state index in [0.29, 0.717) is 36.2 Å². The summed E-state index contributed by atoms with van der Waals surface area (Å²) in [5, 5.41) is 2.78. The van der Waals surface area contributed by atoms with Gasteiger partial charge in [0, 0.05) is 42.5 Å². The highest BCUT2D eigenvalue weighted by Crippen LogP contribution is 2.33. The Bertz CT molecular complexity index is 1480. The lowest BCUT2D eigenvalue weighted by atomic mass is 9.94. The van der Waals surface area contributed by atoms with E-state index in [9.17, 15) is 9.59 Å². The maximum absolute atomic E-state index is 12.6. The SMILES string of the molecule is CC#CC(=O)N1CCC[C@@H](c2nc(-c3ccc(C(=O)Nc4ccccn4)cc3)n3c(N)nccc23)C1. The average Bonchev–Trinajstić information content (AvgIpc) is 3.31. The van der Waals surface area contributed by atoms with Crippen molar-refractivity contribution in [1.29, 1.82) is 0 Å². The minimum absolute atomic E-state index is 0.0512. The van der Waals surface area contributed by atoms with Crippen molar-refractivity contribution in [2.75, 3.05) is 24.1 Å². The number of amides is 2. The Balaban J connectivity index is 1.46. The molecule has 0 unspecified atom stereocenters. The molecular formula is C27H25N7O2. The van der Waals surface area contributed by atoms with Crippen LogP contribution >= 0.6 is 0 Å². The van der Waals surface area contributed by atoms with Gasteiger partial charge in [0.15, 0.2) is 0 Å². The quantitative estimate of drug-likeness (QED) is 0.433. The van der Waals surface area contributed by atoms with Crippen LogP contribution in [0.25, 0.3) is 16.9 Å². The van der Waals surface area contributed by atoms with Gasteiger partial charge in [-0.05, 0) is 56.0 Å². The first-order valence-corrected chi connectivity index (χ1v) is 11.7. The number of benzene rings is 1. The molecule has 0 spiro atoms. The number of pyridine rings is 1. The first kappa shape index (κ1) is 23.1. The predicted molar refractivity (Wildman–Crippen MR) is 137 cm³/mol. The third kappa shape index (κ3) is 4.49. The fourth-order valence-corrected chi connectivity index (χ4v) is 4.54. The highest BCUT2D eigenvalue weighted by atomic mass is 16.2. The molecule has 1 aliphatic heterocycles. The van der Waals surface area contributed by atoms with Gasteiger partial charge >= 0.3 is 0 Å². The van der Waals surface area contributed by atoms with E-state index in [1.807, 2.05) is 28.7 Å². The zero-order valence-electron chi connectivity index (χ0n) is 19.8. The lowest BCUT2D eigenvalue weighted by Crippen LogP contribution is -2.38. The molecule has 3 N–H and O–H groups in total. The maximum Gasteiger partial charge on any atom is 0.298 e. The molecule has 5 rings (SSSR count). The van der Waals surface area contributed by atoms with Crippen molar-refractivity contribution >= 4 is 29.1 Å². The molecule has 1 saturated heterocycles. The second-order valence-corrected chi connectivity index (χ2v) is 8.56. The summed E-state index contributed by atoms with van der Waals surface area (Å²) in [4.78, 5) is 40.2. The van der Waals surface area contributed by atoms with Gasteiger partial charge in [-0.1, -0.05) is 24.1 Å². The van der Waals surface area contributed by atoms with Gasteiger partial charge in [-0.25, -0.2) is 15.0 Å². The van der Waals surface area contributed by atoms with Gasteiger partial charge in [0.2, 0.25) is 5.95 Å². The van der Waals surface area contributed by atoms with E-state index in [-0.39, 0.29) is 17.7 Å². The number of anilines is 2. The smallest absolute Gasteiger partial charge is 0.298 e. The van der Waals surface area contributed by atoms with E-state index in [1.54, 1.807) is 48.5 Å². The van der Waals surface area contributed by atoms with Crippen molar-refractivity contribution in [3.63, 3.8) is 0 Å². The monoisotopic (exact) mass is 479 g/mol. The molecule has 1 atom stereocenters. The molecule has 1 aliphatic rings. The fraction of sp³-hybridized carbons (Fsp3) is 0.222. The molecule has 3 aromatic heterocycles. The number of nitrogen functional groups attached to an aromatic ring is 1. The van der Waals surface area contributed by atoms with Crippen LogP contribution in [0.3, 0.4) is 0 Å². The summed E-state index contributed by atoms with van der Waals surface area (Å²) in [6, 6.07) is 14.4. The third-order valence-corrected chi connectivity index (χ3v) is 6.25. The number of hydrogen-bond acceptors (Lipinski definition) is 6. The zero-order valence-corrected chi connectivity index (χ0v) is 19.8. The van der Waals surface area contributed by atoms with E-state index < -0.39 is 0 Å². The van der Waals surface area contributed by atoms with Gasteiger partial charge in [0.25, 0.3) is 11.8 Å². The molecule has 4 heterocycles. The van der Waals surface area contributed by atoms with Crippen LogP contribution in [0.4, 0.5) is 11.8 Å². The van der Waals surface area contributed by atoms with Crippen molar-refractivity contribution in [1.82, 2.24) is 24.3 Å². The second-order valence-electron chi connectivity index (χ2n) is 8.56. The van der Waals surface area contributed by atoms with E-state index >= 15 is 0 Å². The van der Waals surface area contributed by atoms with Gasteiger partial charge in [-0.3, -0.25) is 14.0 Å². The predicted octanol–water partition coefficient (Wildman–Crippen LogP) is 3.36. The third-order valence-electron chi connectivity index (χ3n) is 6.25. The molecule has 9 heteroatoms. The Labute approximate surface area is 208 Å². The lowest BCUT2D eigenvalue weighted by Gasteiger charge is -2.30. The van der Waals surface area contributed by atoms with Gasteiger partial charge in [0.1, 0.15) is 11.6 Å². The maximum atomic E-state index is 12.6. The first-order valence-electron chi connectivity index (χ1n) is 11.7. The number of nitrogens with one attached hydrogen (secondary N) is 1. The Morgan fingerprint density at radius 2 is 1.92 bits per heavy atom. The largest absolute Gasteiger partial charge is 0.369 e. The van der Waals surface area contributed by atoms with Crippen molar-refractivity contribution in [3.05, 3.63) is 72.2 Å². The molecule has 0 bridgehead atoms. The lowest BCUT2D eigenvalue weighted by molar-refractivity contribution is -0.126. The van der Waals surface area contributed by atoms with Crippen molar-refractivity contribution in [3.8, 4) is 23.2 Å². The van der Waals surface area contributed by atoms with Crippen LogP contribution in [0.15, 0.2) is 60.9 Å². The van der Waals surface area contributed by atoms with Crippen LogP contribution < -0.4 is 11.1 Å². The minimum atomic E-state index is -0.253. The normalized spacial score (nSPS) is 15.2. The molecule has 180 valence electrons. The number of imidazole rings is 1. The second kappa shape index (κ2) is 9.88. The number of piperidine rings is 1. The summed E-state index contributed by atoms with van der Waals surface area (Å²) in [6.07, 6.45) is 5.07. The number of fused-ring (bicyclic) bond motifs is 1. The number of nitrogens with zero attached hydrogens (tertiary/aromatic N) is 5. The standard InChI is InChI=1S/C27H25N7O2/c1-2-6-23(35)33-16-5-7-20(17-33)24-21-13-15-30-27(28)34(21)25(32-24)18-9-11-19(12-10-18)26(36)31-22-8-3-4-14-29-22/h3-4,8-15,20H,5,7,16-17H2,1H3,(H2,28,30)(H,29,31,36)/t20-/m1/s1. The summed E-state index contributed by atoms with van der Waals surface area (Å²) in [7, 11) is 0.